The van der Waals surface area contributed by atoms with Crippen LogP contribution in [0.2, 0.25) is 0 Å². The highest BCUT2D eigenvalue weighted by atomic mass is 32.1. The molecule has 0 aliphatic rings. The first-order chi connectivity index (χ1) is 9.49. The van der Waals surface area contributed by atoms with Crippen LogP contribution in [0.15, 0.2) is 35.0 Å². The molecule has 0 aliphatic carbocycles. The van der Waals surface area contributed by atoms with Crippen LogP contribution in [-0.2, 0) is 11.2 Å². The predicted molar refractivity (Wildman–Crippen MR) is 86.1 cm³/mol. The minimum absolute atomic E-state index is 0.229. The molecule has 0 saturated carbocycles. The SMILES string of the molecule is CC(C)(CNC(Cc1cccs1)c1cccs1)C(N)=O. The molecule has 0 aliphatic heterocycles. The zero-order valence-electron chi connectivity index (χ0n) is 11.8. The van der Waals surface area contributed by atoms with Crippen molar-refractivity contribution >= 4 is 28.6 Å². The smallest absolute Gasteiger partial charge is 0.224 e. The van der Waals surface area contributed by atoms with E-state index in [0.717, 1.165) is 6.42 Å². The maximum Gasteiger partial charge on any atom is 0.224 e. The molecule has 3 nitrogen and oxygen atoms in total. The van der Waals surface area contributed by atoms with Gasteiger partial charge in [-0.25, -0.2) is 0 Å². The summed E-state index contributed by atoms with van der Waals surface area (Å²) in [5.41, 5.74) is 4.90. The first kappa shape index (κ1) is 15.2. The molecule has 0 spiro atoms. The lowest BCUT2D eigenvalue weighted by molar-refractivity contribution is -0.125. The van der Waals surface area contributed by atoms with E-state index in [2.05, 4.69) is 40.3 Å². The molecule has 2 aromatic heterocycles. The molecule has 2 rings (SSSR count). The predicted octanol–water partition coefficient (Wildman–Crippen LogP) is 3.19. The molecule has 0 bridgehead atoms. The highest BCUT2D eigenvalue weighted by molar-refractivity contribution is 7.10. The fraction of sp³-hybridized carbons (Fsp3) is 0.400. The maximum atomic E-state index is 11.4. The summed E-state index contributed by atoms with van der Waals surface area (Å²) in [5, 5.41) is 7.67. The Morgan fingerprint density at radius 3 is 2.55 bits per heavy atom. The van der Waals surface area contributed by atoms with Gasteiger partial charge in [0, 0.05) is 28.8 Å². The number of nitrogens with one attached hydrogen (secondary N) is 1. The summed E-state index contributed by atoms with van der Waals surface area (Å²) in [6.07, 6.45) is 0.938. The summed E-state index contributed by atoms with van der Waals surface area (Å²) < 4.78 is 0. The monoisotopic (exact) mass is 308 g/mol. The molecule has 3 N–H and O–H groups in total. The number of rotatable bonds is 7. The van der Waals surface area contributed by atoms with Gasteiger partial charge in [-0.2, -0.15) is 0 Å². The number of primary amides is 1. The van der Waals surface area contributed by atoms with Crippen molar-refractivity contribution in [3.8, 4) is 0 Å². The van der Waals surface area contributed by atoms with Crippen molar-refractivity contribution in [3.63, 3.8) is 0 Å². The largest absolute Gasteiger partial charge is 0.369 e. The Hall–Kier alpha value is -1.17. The first-order valence-electron chi connectivity index (χ1n) is 6.58. The molecule has 1 unspecified atom stereocenters. The third kappa shape index (κ3) is 3.91. The fourth-order valence-electron chi connectivity index (χ4n) is 1.86. The Bertz CT molecular complexity index is 532. The molecule has 0 saturated heterocycles. The Morgan fingerprint density at radius 1 is 1.30 bits per heavy atom. The zero-order chi connectivity index (χ0) is 14.6. The van der Waals surface area contributed by atoms with Gasteiger partial charge in [0.1, 0.15) is 0 Å². The highest BCUT2D eigenvalue weighted by Gasteiger charge is 2.26. The van der Waals surface area contributed by atoms with E-state index in [1.54, 1.807) is 22.7 Å². The molecular weight excluding hydrogens is 288 g/mol. The van der Waals surface area contributed by atoms with Crippen molar-refractivity contribution in [2.75, 3.05) is 6.54 Å². The van der Waals surface area contributed by atoms with E-state index >= 15 is 0 Å². The number of hydrogen-bond acceptors (Lipinski definition) is 4. The minimum atomic E-state index is -0.537. The van der Waals surface area contributed by atoms with Gasteiger partial charge in [-0.05, 0) is 36.7 Å². The van der Waals surface area contributed by atoms with Crippen molar-refractivity contribution in [1.29, 1.82) is 0 Å². The van der Waals surface area contributed by atoms with Gasteiger partial charge >= 0.3 is 0 Å². The number of carbonyl (C=O) groups is 1. The van der Waals surface area contributed by atoms with Crippen molar-refractivity contribution in [3.05, 3.63) is 44.8 Å². The van der Waals surface area contributed by atoms with Gasteiger partial charge < -0.3 is 11.1 Å². The number of hydrogen-bond donors (Lipinski definition) is 2. The second-order valence-electron chi connectivity index (χ2n) is 5.48. The molecule has 0 aromatic carbocycles. The Labute approximate surface area is 127 Å². The summed E-state index contributed by atoms with van der Waals surface area (Å²) in [4.78, 5) is 14.1. The molecule has 108 valence electrons. The summed E-state index contributed by atoms with van der Waals surface area (Å²) in [7, 11) is 0. The topological polar surface area (TPSA) is 55.1 Å². The van der Waals surface area contributed by atoms with Crippen LogP contribution in [0.1, 0.15) is 29.6 Å². The highest BCUT2D eigenvalue weighted by Crippen LogP contribution is 2.26. The van der Waals surface area contributed by atoms with Crippen molar-refractivity contribution in [2.24, 2.45) is 11.1 Å². The molecule has 0 radical (unpaired) electrons. The van der Waals surface area contributed by atoms with Gasteiger partial charge in [-0.3, -0.25) is 4.79 Å². The standard InChI is InChI=1S/C15H20N2OS2/c1-15(2,14(16)18)10-17-12(13-6-4-8-20-13)9-11-5-3-7-19-11/h3-8,12,17H,9-10H2,1-2H3,(H2,16,18). The van der Waals surface area contributed by atoms with Gasteiger partial charge in [0.25, 0.3) is 0 Å². The van der Waals surface area contributed by atoms with Crippen LogP contribution < -0.4 is 11.1 Å². The number of nitrogens with two attached hydrogens (primary N) is 1. The van der Waals surface area contributed by atoms with Crippen LogP contribution in [0.3, 0.4) is 0 Å². The molecule has 1 atom stereocenters. The van der Waals surface area contributed by atoms with Gasteiger partial charge in [-0.1, -0.05) is 12.1 Å². The first-order valence-corrected chi connectivity index (χ1v) is 8.34. The van der Waals surface area contributed by atoms with E-state index in [0.29, 0.717) is 6.54 Å². The summed E-state index contributed by atoms with van der Waals surface area (Å²) in [5.74, 6) is -0.272. The maximum absolute atomic E-state index is 11.4. The van der Waals surface area contributed by atoms with Crippen LogP contribution in [-0.4, -0.2) is 12.5 Å². The fourth-order valence-corrected chi connectivity index (χ4v) is 3.41. The Kier molecular flexibility index (Phi) is 4.96. The number of amides is 1. The van der Waals surface area contributed by atoms with Gasteiger partial charge in [0.2, 0.25) is 5.91 Å². The van der Waals surface area contributed by atoms with Gasteiger partial charge in [0.15, 0.2) is 0 Å². The van der Waals surface area contributed by atoms with Gasteiger partial charge in [0.05, 0.1) is 5.41 Å². The zero-order valence-corrected chi connectivity index (χ0v) is 13.4. The second kappa shape index (κ2) is 6.52. The van der Waals surface area contributed by atoms with Gasteiger partial charge in [-0.15, -0.1) is 22.7 Å². The van der Waals surface area contributed by atoms with Crippen LogP contribution in [0.25, 0.3) is 0 Å². The van der Waals surface area contributed by atoms with E-state index in [1.165, 1.54) is 9.75 Å². The van der Waals surface area contributed by atoms with E-state index in [1.807, 2.05) is 13.8 Å². The van der Waals surface area contributed by atoms with Crippen LogP contribution in [0.5, 0.6) is 0 Å². The molecule has 2 aromatic rings. The van der Waals surface area contributed by atoms with Crippen molar-refractivity contribution in [1.82, 2.24) is 5.32 Å². The lowest BCUT2D eigenvalue weighted by Gasteiger charge is -2.25. The third-order valence-electron chi connectivity index (χ3n) is 3.33. The number of carbonyl (C=O) groups excluding carboxylic acids is 1. The molecular formula is C15H20N2OS2. The summed E-state index contributed by atoms with van der Waals surface area (Å²) >= 11 is 3.50. The minimum Gasteiger partial charge on any atom is -0.369 e. The second-order valence-corrected chi connectivity index (χ2v) is 7.49. The quantitative estimate of drug-likeness (QED) is 0.825. The average molecular weight is 308 g/mol. The Morgan fingerprint density at radius 2 is 2.00 bits per heavy atom. The van der Waals surface area contributed by atoms with E-state index in [4.69, 9.17) is 5.73 Å². The lowest BCUT2D eigenvalue weighted by atomic mass is 9.92. The Balaban J connectivity index is 2.06. The van der Waals surface area contributed by atoms with Crippen molar-refractivity contribution < 1.29 is 4.79 Å². The van der Waals surface area contributed by atoms with Crippen LogP contribution >= 0.6 is 22.7 Å². The van der Waals surface area contributed by atoms with Crippen molar-refractivity contribution in [2.45, 2.75) is 26.3 Å². The molecule has 1 amide bonds. The third-order valence-corrected chi connectivity index (χ3v) is 5.21. The van der Waals surface area contributed by atoms with E-state index in [9.17, 15) is 4.79 Å². The molecule has 2 heterocycles. The molecule has 0 fully saturated rings. The lowest BCUT2D eigenvalue weighted by Crippen LogP contribution is -2.41. The number of thiophene rings is 2. The average Bonchev–Trinajstić information content (AvgIpc) is 3.07. The summed E-state index contributed by atoms with van der Waals surface area (Å²) in [6, 6.07) is 8.63. The molecule has 5 heteroatoms. The van der Waals surface area contributed by atoms with E-state index < -0.39 is 5.41 Å². The molecule has 20 heavy (non-hydrogen) atoms. The van der Waals surface area contributed by atoms with E-state index in [-0.39, 0.29) is 11.9 Å². The van der Waals surface area contributed by atoms with Crippen LogP contribution in [0.4, 0.5) is 0 Å². The summed E-state index contributed by atoms with van der Waals surface area (Å²) in [6.45, 7) is 4.33. The normalized spacial score (nSPS) is 13.3. The van der Waals surface area contributed by atoms with Crippen LogP contribution in [0, 0.1) is 5.41 Å².